The Morgan fingerprint density at radius 2 is 0.535 bits per heavy atom. The molecule has 820 valence electrons. The molecule has 3 unspecified atom stereocenters. The first kappa shape index (κ1) is 124. The normalized spacial score (nSPS) is 25.2. The zero-order valence-electron chi connectivity index (χ0n) is 80.6. The van der Waals surface area contributed by atoms with E-state index in [-0.39, 0.29) is 241 Å². The first-order valence-corrected chi connectivity index (χ1v) is 46.8. The van der Waals surface area contributed by atoms with Gasteiger partial charge in [-0.05, 0) is 122 Å². The highest BCUT2D eigenvalue weighted by molar-refractivity contribution is 6.01. The van der Waals surface area contributed by atoms with E-state index in [4.69, 9.17) is 160 Å². The van der Waals surface area contributed by atoms with Gasteiger partial charge in [0.25, 0.3) is 0 Å². The maximum atomic E-state index is 15.2. The molecule has 65 heteroatoms. The molecule has 4 rings (SSSR count). The number of aliphatic hydroxyl groups is 7. The Labute approximate surface area is 829 Å². The number of nitrogens with zero attached hydrogens (tertiary/aromatic N) is 9. The molecule has 144 heavy (non-hydrogen) atoms. The minimum Gasteiger partial charge on any atom is -0.394 e. The quantitative estimate of drug-likeness (QED) is 0.0153. The summed E-state index contributed by atoms with van der Waals surface area (Å²) in [5, 5.41) is 104. The van der Waals surface area contributed by atoms with Crippen molar-refractivity contribution >= 4 is 113 Å². The Bertz CT molecular complexity index is 4300. The van der Waals surface area contributed by atoms with Crippen molar-refractivity contribution in [2.75, 3.05) is 78.6 Å². The first-order chi connectivity index (χ1) is 68.0. The minimum absolute atomic E-state index is 0.00140. The molecule has 4 aliphatic rings. The molecular formula is C79H156N42O23. The van der Waals surface area contributed by atoms with Crippen LogP contribution in [0, 0.1) is 0 Å². The molecule has 0 aromatic rings. The van der Waals surface area contributed by atoms with Crippen molar-refractivity contribution in [3.05, 3.63) is 0 Å². The third-order valence-corrected chi connectivity index (χ3v) is 22.9. The summed E-state index contributed by atoms with van der Waals surface area (Å²) < 4.78 is 36.3. The van der Waals surface area contributed by atoms with Gasteiger partial charge in [0.2, 0.25) is 59.1 Å². The van der Waals surface area contributed by atoms with Crippen molar-refractivity contribution < 1.29 is 112 Å². The monoisotopic (exact) mass is 2060 g/mol. The van der Waals surface area contributed by atoms with Crippen molar-refractivity contribution in [1.82, 2.24) is 53.2 Å². The van der Waals surface area contributed by atoms with E-state index in [1.54, 1.807) is 0 Å². The second kappa shape index (κ2) is 64.3. The predicted octanol–water partition coefficient (Wildman–Crippen LogP) is -21.9. The standard InChI is InChI=1S/C79H156N42O23/c1-33(123)113-60(131)37(12-3-21-104-72(87)88)115-62(133)39(14-5-23-106-74(91)92)117-64(135)41(16-7-25-108-76(95)96)119-66(137)43(18-9-27-110-78(99)100)121-67(138)44(19-10-28-111-79(101)102)120-65(136)42(17-8-26-109-77(97)98)118-63(134)40(15-6-24-107-75(93)94)116-61(132)38(13-4-22-105-73(89)90)114-59(130)36(11-2-20-103-71(85)86)112-31-46-52(126)54(128)49(84)69(140-46)142-56-35(82)29-34(81)50(124)58(56)144-70-55(129)57(47(32-122)141-70)143-68-48(83)53(127)51(125)45(30-80)139-68/h34-58,68-70,112,122,124-129H,2-32,80-84H2,1H3,(H,114,130)(H,115,133)(H,116,132)(H,117,135)(H,118,134)(H,119,137)(H,120,136)(H,121,138)(H4,85,86,103)(H4,87,88,104)(H4,89,90,105)(H4,91,92,106)(H4,93,94,107)(H4,95,96,108)(H4,97,98,109)(H4,99,100,110)(H4,101,102,111)(H,113,123,131)/t34-,35+,36+,37+,38+,39+,40+,41+,42+,43+,44+,45-,46-,47-,48-,49-,50+,51-,52-,53-,54-,55-,56?,57-,58-,68?,69-,70?/m1/s1. The van der Waals surface area contributed by atoms with E-state index in [1.165, 1.54) is 0 Å². The molecule has 65 nitrogen and oxygen atoms in total. The number of imide groups is 1. The summed E-state index contributed by atoms with van der Waals surface area (Å²) in [4.78, 5) is 182. The van der Waals surface area contributed by atoms with Crippen molar-refractivity contribution in [2.45, 2.75) is 300 Å². The van der Waals surface area contributed by atoms with Gasteiger partial charge in [0.1, 0.15) is 115 Å². The fraction of sp³-hybridized carbons (Fsp3) is 0.759. The topological polar surface area (TPSA) is 1200 Å². The third-order valence-electron chi connectivity index (χ3n) is 22.9. The summed E-state index contributed by atoms with van der Waals surface area (Å²) in [6.45, 7) is -1.57. The summed E-state index contributed by atoms with van der Waals surface area (Å²) in [5.41, 5.74) is 133. The largest absolute Gasteiger partial charge is 0.394 e. The highest BCUT2D eigenvalue weighted by Crippen LogP contribution is 2.35. The Balaban J connectivity index is 1.77. The number of guanidine groups is 9. The van der Waals surface area contributed by atoms with E-state index in [1.807, 2.05) is 0 Å². The zero-order chi connectivity index (χ0) is 108. The van der Waals surface area contributed by atoms with Crippen molar-refractivity contribution in [3.63, 3.8) is 0 Å². The molecule has 3 heterocycles. The summed E-state index contributed by atoms with van der Waals surface area (Å²) in [5.74, 6) is -12.9. The maximum absolute atomic E-state index is 15.2. The number of ether oxygens (including phenoxy) is 6. The van der Waals surface area contributed by atoms with E-state index >= 15 is 28.8 Å². The van der Waals surface area contributed by atoms with Crippen molar-refractivity contribution in [1.29, 1.82) is 0 Å². The second-order valence-corrected chi connectivity index (χ2v) is 34.5. The third kappa shape index (κ3) is 44.4. The Hall–Kier alpha value is -12.4. The lowest BCUT2D eigenvalue weighted by Crippen LogP contribution is -2.68. The van der Waals surface area contributed by atoms with Gasteiger partial charge in [-0.2, -0.15) is 0 Å². The smallest absolute Gasteiger partial charge is 0.249 e. The number of aliphatic hydroxyl groups excluding tert-OH is 7. The molecule has 1 saturated carbocycles. The highest BCUT2D eigenvalue weighted by atomic mass is 16.8. The van der Waals surface area contributed by atoms with Gasteiger partial charge < -0.3 is 244 Å². The van der Waals surface area contributed by atoms with Crippen LogP contribution in [0.3, 0.4) is 0 Å². The number of aliphatic imine (C=N–C) groups is 9. The SMILES string of the molecule is CC(=O)NC(=O)[C@H](CCCN=C(N)N)NC(=O)[C@H](CCCN=C(N)N)NC(=O)[C@H](CCCN=C(N)N)NC(=O)[C@H](CCCN=C(N)N)NC(=O)[C@H](CCCN=C(N)N)NC(=O)[C@H](CCCN=C(N)N)NC(=O)[C@H](CCCN=C(N)N)NC(=O)[C@H](CCCN=C(N)N)NC(=O)[C@H](CCCN=C(N)N)NC[C@H]1O[C@H](OC2[C@@H](N)C[C@@H](N)[C@H](O)[C@H]2OC2O[C@H](CO)[C@@H](OC3O[C@H](CN)[C@@H](O)[C@H](O)[C@H]3N)[C@H]2O)[C@H](N)[C@@H](O)[C@@H]1O. The fourth-order valence-electron chi connectivity index (χ4n) is 15.4. The minimum atomic E-state index is -1.88. The summed E-state index contributed by atoms with van der Waals surface area (Å²) in [6, 6.07) is -19.6. The number of carbonyl (C=O) groups excluding carboxylic acids is 10. The van der Waals surface area contributed by atoms with E-state index in [9.17, 15) is 54.9 Å². The molecule has 10 amide bonds. The van der Waals surface area contributed by atoms with Crippen molar-refractivity contribution in [3.8, 4) is 0 Å². The predicted molar refractivity (Wildman–Crippen MR) is 525 cm³/mol. The van der Waals surface area contributed by atoms with Gasteiger partial charge in [-0.25, -0.2) is 0 Å². The number of hydrogen-bond donors (Lipinski definition) is 40. The van der Waals surface area contributed by atoms with Crippen LogP contribution in [0.1, 0.15) is 129 Å². The molecule has 0 aromatic carbocycles. The number of nitrogens with one attached hydrogen (secondary N) is 10. The van der Waals surface area contributed by atoms with Crippen LogP contribution in [0.5, 0.6) is 0 Å². The van der Waals surface area contributed by atoms with Crippen molar-refractivity contribution in [2.24, 2.45) is 177 Å². The van der Waals surface area contributed by atoms with E-state index in [0.717, 1.165) is 6.92 Å². The summed E-state index contributed by atoms with van der Waals surface area (Å²) in [7, 11) is 0. The van der Waals surface area contributed by atoms with Gasteiger partial charge in [-0.1, -0.05) is 0 Å². The molecule has 0 radical (unpaired) electrons. The lowest BCUT2D eigenvalue weighted by Gasteiger charge is -2.47. The van der Waals surface area contributed by atoms with Gasteiger partial charge in [0.05, 0.1) is 30.8 Å². The highest BCUT2D eigenvalue weighted by Gasteiger charge is 2.55. The number of rotatable bonds is 64. The second-order valence-electron chi connectivity index (χ2n) is 34.5. The number of hydrogen-bond acceptors (Lipinski definition) is 38. The first-order valence-electron chi connectivity index (χ1n) is 46.8. The number of nitrogens with two attached hydrogens (primary N) is 23. The van der Waals surface area contributed by atoms with Crippen LogP contribution in [0.25, 0.3) is 0 Å². The Morgan fingerprint density at radius 1 is 0.299 bits per heavy atom. The lowest BCUT2D eigenvalue weighted by atomic mass is 9.84. The molecule has 0 bridgehead atoms. The average Bonchev–Trinajstić information content (AvgIpc) is 1.57. The van der Waals surface area contributed by atoms with Gasteiger partial charge in [-0.15, -0.1) is 0 Å². The van der Waals surface area contributed by atoms with Crippen LogP contribution in [-0.2, 0) is 76.4 Å². The van der Waals surface area contributed by atoms with E-state index in [2.05, 4.69) is 98.1 Å². The van der Waals surface area contributed by atoms with Gasteiger partial charge in [0, 0.05) is 91.0 Å². The number of carbonyl (C=O) groups is 10. The summed E-state index contributed by atoms with van der Waals surface area (Å²) in [6.07, 6.45) is -26.8. The average molecular weight is 2060 g/mol. The van der Waals surface area contributed by atoms with Crippen LogP contribution in [0.15, 0.2) is 44.9 Å². The van der Waals surface area contributed by atoms with Crippen LogP contribution >= 0.6 is 0 Å². The van der Waals surface area contributed by atoms with Gasteiger partial charge in [-0.3, -0.25) is 98.2 Å². The molecule has 3 aliphatic heterocycles. The molecule has 1 aliphatic carbocycles. The fourth-order valence-corrected chi connectivity index (χ4v) is 15.4. The molecule has 3 saturated heterocycles. The van der Waals surface area contributed by atoms with E-state index < -0.39 is 243 Å². The Morgan fingerprint density at radius 3 is 0.799 bits per heavy atom. The van der Waals surface area contributed by atoms with E-state index in [0.29, 0.717) is 0 Å². The molecule has 4 fully saturated rings. The van der Waals surface area contributed by atoms with Crippen LogP contribution in [0.2, 0.25) is 0 Å². The van der Waals surface area contributed by atoms with Crippen LogP contribution in [-0.4, -0.2) is 398 Å². The maximum Gasteiger partial charge on any atom is 0.249 e. The van der Waals surface area contributed by atoms with Crippen LogP contribution in [0.4, 0.5) is 0 Å². The molecule has 0 spiro atoms. The lowest BCUT2D eigenvalue weighted by molar-refractivity contribution is -0.307. The Kier molecular flexibility index (Phi) is 55.3. The summed E-state index contributed by atoms with van der Waals surface area (Å²) >= 11 is 0. The molecule has 28 atom stereocenters. The zero-order valence-corrected chi connectivity index (χ0v) is 80.6. The van der Waals surface area contributed by atoms with Gasteiger partial charge in [0.15, 0.2) is 72.5 Å². The molecular weight excluding hydrogens is 1910 g/mol. The number of amides is 10. The van der Waals surface area contributed by atoms with Crippen LogP contribution < -0.4 is 185 Å². The molecule has 63 N–H and O–H groups in total. The molecule has 0 aromatic heterocycles. The van der Waals surface area contributed by atoms with Gasteiger partial charge >= 0.3 is 0 Å².